The van der Waals surface area contributed by atoms with Crippen molar-refractivity contribution in [3.05, 3.63) is 0 Å². The normalized spacial score (nSPS) is 23.6. The first-order valence-corrected chi connectivity index (χ1v) is 5.38. The minimum absolute atomic E-state index is 0.0137. The smallest absolute Gasteiger partial charge is 0.325 e. The fourth-order valence-electron chi connectivity index (χ4n) is 2.70. The summed E-state index contributed by atoms with van der Waals surface area (Å²) in [7, 11) is 0. The molecule has 0 bridgehead atoms. The molecule has 2 N–H and O–H groups in total. The van der Waals surface area contributed by atoms with Gasteiger partial charge in [0.1, 0.15) is 0 Å². The Bertz CT molecular complexity index is 331. The minimum Gasteiger partial charge on any atom is -0.481 e. The topological polar surface area (TPSA) is 86.7 Å². The molecule has 0 spiro atoms. The summed E-state index contributed by atoms with van der Waals surface area (Å²) >= 11 is 0. The van der Waals surface area contributed by atoms with Gasteiger partial charge in [0.15, 0.2) is 0 Å². The highest BCUT2D eigenvalue weighted by atomic mass is 16.4. The lowest BCUT2D eigenvalue weighted by Crippen LogP contribution is -2.51. The van der Waals surface area contributed by atoms with Crippen LogP contribution in [-0.2, 0) is 9.59 Å². The monoisotopic (exact) mass is 226 g/mol. The Balaban J connectivity index is 2.27. The molecule has 2 fully saturated rings. The van der Waals surface area contributed by atoms with Gasteiger partial charge in [0, 0.05) is 0 Å². The molecule has 2 rings (SSSR count). The molecule has 1 saturated heterocycles. The van der Waals surface area contributed by atoms with E-state index in [0.29, 0.717) is 12.8 Å². The van der Waals surface area contributed by atoms with Gasteiger partial charge in [0.25, 0.3) is 5.91 Å². The maximum Gasteiger partial charge on any atom is 0.325 e. The van der Waals surface area contributed by atoms with E-state index in [-0.39, 0.29) is 18.9 Å². The summed E-state index contributed by atoms with van der Waals surface area (Å²) in [6.45, 7) is -0.0137. The van der Waals surface area contributed by atoms with Crippen LogP contribution < -0.4 is 5.32 Å². The standard InChI is InChI=1S/C10H14N2O4/c13-7-6-11-9(16)12(7)10(5-8(14)15)3-1-2-4-10/h1-6H2,(H,11,16)(H,14,15). The number of nitrogens with one attached hydrogen (secondary N) is 1. The molecule has 0 aromatic heterocycles. The molecule has 6 heteroatoms. The molecule has 0 atom stereocenters. The van der Waals surface area contributed by atoms with E-state index >= 15 is 0 Å². The van der Waals surface area contributed by atoms with Crippen molar-refractivity contribution >= 4 is 17.9 Å². The van der Waals surface area contributed by atoms with Crippen LogP contribution in [0.2, 0.25) is 0 Å². The van der Waals surface area contributed by atoms with E-state index in [1.807, 2.05) is 0 Å². The molecule has 0 unspecified atom stereocenters. The van der Waals surface area contributed by atoms with E-state index in [1.165, 1.54) is 0 Å². The zero-order chi connectivity index (χ0) is 11.8. The number of amides is 3. The molecule has 3 amide bonds. The summed E-state index contributed by atoms with van der Waals surface area (Å²) in [4.78, 5) is 35.2. The number of nitrogens with zero attached hydrogens (tertiary/aromatic N) is 1. The molecule has 1 saturated carbocycles. The second kappa shape index (κ2) is 3.77. The Morgan fingerprint density at radius 3 is 2.44 bits per heavy atom. The van der Waals surface area contributed by atoms with Gasteiger partial charge in [0.05, 0.1) is 18.5 Å². The van der Waals surface area contributed by atoms with E-state index < -0.39 is 17.5 Å². The molecule has 0 aromatic carbocycles. The lowest BCUT2D eigenvalue weighted by atomic mass is 9.91. The van der Waals surface area contributed by atoms with Crippen molar-refractivity contribution in [1.82, 2.24) is 10.2 Å². The molecule has 1 aliphatic heterocycles. The summed E-state index contributed by atoms with van der Waals surface area (Å²) in [5.41, 5.74) is -0.788. The first-order chi connectivity index (χ1) is 7.55. The Labute approximate surface area is 92.6 Å². The summed E-state index contributed by atoms with van der Waals surface area (Å²) < 4.78 is 0. The third kappa shape index (κ3) is 1.64. The highest BCUT2D eigenvalue weighted by Gasteiger charge is 2.49. The van der Waals surface area contributed by atoms with Gasteiger partial charge in [-0.15, -0.1) is 0 Å². The van der Waals surface area contributed by atoms with Crippen molar-refractivity contribution in [2.24, 2.45) is 0 Å². The fraction of sp³-hybridized carbons (Fsp3) is 0.700. The van der Waals surface area contributed by atoms with Crippen molar-refractivity contribution in [3.8, 4) is 0 Å². The Morgan fingerprint density at radius 1 is 1.38 bits per heavy atom. The molecular formula is C10H14N2O4. The Kier molecular flexibility index (Phi) is 2.57. The predicted octanol–water partition coefficient (Wildman–Crippen LogP) is 0.326. The van der Waals surface area contributed by atoms with Crippen LogP contribution in [0, 0.1) is 0 Å². The molecule has 2 aliphatic rings. The van der Waals surface area contributed by atoms with Crippen molar-refractivity contribution in [2.75, 3.05) is 6.54 Å². The van der Waals surface area contributed by atoms with Crippen LogP contribution in [0.5, 0.6) is 0 Å². The maximum atomic E-state index is 11.6. The third-order valence-electron chi connectivity index (χ3n) is 3.33. The zero-order valence-electron chi connectivity index (χ0n) is 8.86. The van der Waals surface area contributed by atoms with Crippen LogP contribution in [0.15, 0.2) is 0 Å². The maximum absolute atomic E-state index is 11.6. The second-order valence-electron chi connectivity index (χ2n) is 4.39. The number of carbonyl (C=O) groups excluding carboxylic acids is 2. The summed E-state index contributed by atoms with van der Waals surface area (Å²) in [6, 6.07) is -0.451. The number of carbonyl (C=O) groups is 3. The zero-order valence-corrected chi connectivity index (χ0v) is 8.86. The lowest BCUT2D eigenvalue weighted by Gasteiger charge is -2.34. The van der Waals surface area contributed by atoms with Crippen molar-refractivity contribution in [1.29, 1.82) is 0 Å². The molecule has 16 heavy (non-hydrogen) atoms. The lowest BCUT2D eigenvalue weighted by molar-refractivity contribution is -0.141. The number of carboxylic acids is 1. The molecule has 1 aliphatic carbocycles. The van der Waals surface area contributed by atoms with E-state index in [9.17, 15) is 14.4 Å². The van der Waals surface area contributed by atoms with Gasteiger partial charge in [-0.05, 0) is 12.8 Å². The third-order valence-corrected chi connectivity index (χ3v) is 3.33. The summed E-state index contributed by atoms with van der Waals surface area (Å²) in [5, 5.41) is 11.3. The van der Waals surface area contributed by atoms with Gasteiger partial charge in [-0.1, -0.05) is 12.8 Å². The number of hydrogen-bond acceptors (Lipinski definition) is 3. The van der Waals surface area contributed by atoms with Crippen LogP contribution in [0.4, 0.5) is 4.79 Å². The average Bonchev–Trinajstić information content (AvgIpc) is 2.74. The minimum atomic E-state index is -0.964. The highest BCUT2D eigenvalue weighted by Crippen LogP contribution is 2.39. The van der Waals surface area contributed by atoms with Gasteiger partial charge in [-0.2, -0.15) is 0 Å². The quantitative estimate of drug-likeness (QED) is 0.679. The van der Waals surface area contributed by atoms with Gasteiger partial charge >= 0.3 is 12.0 Å². The number of imide groups is 1. The average molecular weight is 226 g/mol. The van der Waals surface area contributed by atoms with Gasteiger partial charge in [-0.3, -0.25) is 14.5 Å². The van der Waals surface area contributed by atoms with Crippen LogP contribution in [0.1, 0.15) is 32.1 Å². The predicted molar refractivity (Wildman–Crippen MR) is 53.7 cm³/mol. The first-order valence-electron chi connectivity index (χ1n) is 5.38. The van der Waals surface area contributed by atoms with Gasteiger partial charge in [0.2, 0.25) is 0 Å². The van der Waals surface area contributed by atoms with Crippen molar-refractivity contribution < 1.29 is 19.5 Å². The first kappa shape index (κ1) is 10.9. The number of carboxylic acid groups (broad SMARTS) is 1. The Hall–Kier alpha value is -1.59. The van der Waals surface area contributed by atoms with E-state index in [4.69, 9.17) is 5.11 Å². The number of aliphatic carboxylic acids is 1. The highest BCUT2D eigenvalue weighted by molar-refractivity contribution is 6.03. The van der Waals surface area contributed by atoms with Crippen LogP contribution in [0.25, 0.3) is 0 Å². The molecule has 88 valence electrons. The molecule has 1 heterocycles. The summed E-state index contributed by atoms with van der Waals surface area (Å²) in [6.07, 6.45) is 2.78. The van der Waals surface area contributed by atoms with Crippen LogP contribution in [0.3, 0.4) is 0 Å². The summed E-state index contributed by atoms with van der Waals surface area (Å²) in [5.74, 6) is -1.28. The van der Waals surface area contributed by atoms with Crippen LogP contribution >= 0.6 is 0 Å². The van der Waals surface area contributed by atoms with E-state index in [0.717, 1.165) is 17.7 Å². The van der Waals surface area contributed by atoms with Crippen molar-refractivity contribution in [2.45, 2.75) is 37.6 Å². The van der Waals surface area contributed by atoms with E-state index in [2.05, 4.69) is 5.32 Å². The molecule has 0 aromatic rings. The number of urea groups is 1. The largest absolute Gasteiger partial charge is 0.481 e. The van der Waals surface area contributed by atoms with Gasteiger partial charge < -0.3 is 10.4 Å². The fourth-order valence-corrected chi connectivity index (χ4v) is 2.70. The number of hydrogen-bond donors (Lipinski definition) is 2. The Morgan fingerprint density at radius 2 is 2.00 bits per heavy atom. The second-order valence-corrected chi connectivity index (χ2v) is 4.39. The molecule has 0 radical (unpaired) electrons. The molecule has 6 nitrogen and oxygen atoms in total. The SMILES string of the molecule is O=C(O)CC1(N2C(=O)CNC2=O)CCCC1. The van der Waals surface area contributed by atoms with Gasteiger partial charge in [-0.25, -0.2) is 4.79 Å². The van der Waals surface area contributed by atoms with Crippen LogP contribution in [-0.4, -0.2) is 40.0 Å². The number of rotatable bonds is 3. The van der Waals surface area contributed by atoms with Crippen molar-refractivity contribution in [3.63, 3.8) is 0 Å². The van der Waals surface area contributed by atoms with E-state index in [1.54, 1.807) is 0 Å². The molecular weight excluding hydrogens is 212 g/mol.